The van der Waals surface area contributed by atoms with E-state index in [2.05, 4.69) is 5.32 Å². The van der Waals surface area contributed by atoms with Crippen molar-refractivity contribution in [2.24, 2.45) is 0 Å². The van der Waals surface area contributed by atoms with Gasteiger partial charge in [0, 0.05) is 43.9 Å². The van der Waals surface area contributed by atoms with E-state index in [0.717, 1.165) is 23.4 Å². The molecule has 0 aromatic heterocycles. The van der Waals surface area contributed by atoms with Crippen LogP contribution in [0.2, 0.25) is 0 Å². The smallest absolute Gasteiger partial charge is 0.321 e. The Morgan fingerprint density at radius 2 is 1.65 bits per heavy atom. The van der Waals surface area contributed by atoms with E-state index in [1.54, 1.807) is 4.90 Å². The van der Waals surface area contributed by atoms with Gasteiger partial charge in [-0.25, -0.2) is 4.79 Å². The fraction of sp³-hybridized carbons (Fsp3) is 0.300. The van der Waals surface area contributed by atoms with Gasteiger partial charge in [0.1, 0.15) is 5.75 Å². The van der Waals surface area contributed by atoms with Crippen molar-refractivity contribution in [1.29, 1.82) is 0 Å². The van der Waals surface area contributed by atoms with Gasteiger partial charge in [0.25, 0.3) is 5.91 Å². The average Bonchev–Trinajstić information content (AvgIpc) is 3.16. The molecule has 6 heteroatoms. The largest absolute Gasteiger partial charge is 0.493 e. The first-order chi connectivity index (χ1) is 12.7. The quantitative estimate of drug-likeness (QED) is 0.905. The maximum absolute atomic E-state index is 12.7. The summed E-state index contributed by atoms with van der Waals surface area (Å²) in [6, 6.07) is 14.9. The van der Waals surface area contributed by atoms with Crippen molar-refractivity contribution in [1.82, 2.24) is 9.80 Å². The number of nitrogens with one attached hydrogen (secondary N) is 1. The second kappa shape index (κ2) is 7.07. The van der Waals surface area contributed by atoms with Crippen LogP contribution in [0.25, 0.3) is 0 Å². The average molecular weight is 351 g/mol. The van der Waals surface area contributed by atoms with E-state index in [-0.39, 0.29) is 11.9 Å². The SMILES string of the molecule is O=C(Nc1ccccc1)N1CCN(C(=O)c2ccc3c(c2)CCO3)CC1. The number of hydrogen-bond acceptors (Lipinski definition) is 3. The topological polar surface area (TPSA) is 61.9 Å². The van der Waals surface area contributed by atoms with Crippen molar-refractivity contribution in [2.75, 3.05) is 38.1 Å². The second-order valence-corrected chi connectivity index (χ2v) is 6.50. The predicted octanol–water partition coefficient (Wildman–Crippen LogP) is 2.61. The number of carbonyl (C=O) groups is 2. The van der Waals surface area contributed by atoms with Crippen LogP contribution < -0.4 is 10.1 Å². The molecule has 3 amide bonds. The van der Waals surface area contributed by atoms with Gasteiger partial charge in [-0.15, -0.1) is 0 Å². The van der Waals surface area contributed by atoms with Crippen LogP contribution in [0.3, 0.4) is 0 Å². The number of rotatable bonds is 2. The number of urea groups is 1. The number of piperazine rings is 1. The molecular formula is C20H21N3O3. The highest BCUT2D eigenvalue weighted by molar-refractivity contribution is 5.95. The van der Waals surface area contributed by atoms with Crippen LogP contribution in [0.1, 0.15) is 15.9 Å². The third kappa shape index (κ3) is 3.35. The summed E-state index contributed by atoms with van der Waals surface area (Å²) in [5.74, 6) is 0.895. The molecule has 0 aliphatic carbocycles. The Kier molecular flexibility index (Phi) is 4.48. The van der Waals surface area contributed by atoms with Crippen molar-refractivity contribution in [3.63, 3.8) is 0 Å². The molecule has 2 aliphatic rings. The molecule has 6 nitrogen and oxygen atoms in total. The first-order valence-electron chi connectivity index (χ1n) is 8.87. The minimum absolute atomic E-state index is 0.0165. The van der Waals surface area contributed by atoms with Crippen LogP contribution in [0, 0.1) is 0 Å². The minimum Gasteiger partial charge on any atom is -0.493 e. The number of nitrogens with zero attached hydrogens (tertiary/aromatic N) is 2. The van der Waals surface area contributed by atoms with Crippen molar-refractivity contribution in [2.45, 2.75) is 6.42 Å². The summed E-state index contributed by atoms with van der Waals surface area (Å²) < 4.78 is 5.49. The lowest BCUT2D eigenvalue weighted by Gasteiger charge is -2.34. The van der Waals surface area contributed by atoms with E-state index in [1.807, 2.05) is 53.4 Å². The number of hydrogen-bond donors (Lipinski definition) is 1. The number of ether oxygens (including phenoxy) is 1. The van der Waals surface area contributed by atoms with Gasteiger partial charge in [0.15, 0.2) is 0 Å². The van der Waals surface area contributed by atoms with E-state index < -0.39 is 0 Å². The molecule has 1 N–H and O–H groups in total. The Hall–Kier alpha value is -3.02. The van der Waals surface area contributed by atoms with Gasteiger partial charge in [0.05, 0.1) is 6.61 Å². The zero-order chi connectivity index (χ0) is 17.9. The normalized spacial score (nSPS) is 16.0. The molecule has 1 saturated heterocycles. The van der Waals surface area contributed by atoms with Gasteiger partial charge in [-0.3, -0.25) is 4.79 Å². The Bertz CT molecular complexity index is 814. The Morgan fingerprint density at radius 1 is 0.923 bits per heavy atom. The Balaban J connectivity index is 1.34. The molecule has 2 aromatic rings. The van der Waals surface area contributed by atoms with Crippen LogP contribution in [0.15, 0.2) is 48.5 Å². The van der Waals surface area contributed by atoms with E-state index in [1.165, 1.54) is 0 Å². The van der Waals surface area contributed by atoms with Crippen LogP contribution in [-0.2, 0) is 6.42 Å². The summed E-state index contributed by atoms with van der Waals surface area (Å²) in [5.41, 5.74) is 2.56. The lowest BCUT2D eigenvalue weighted by molar-refractivity contribution is 0.0671. The molecule has 2 aliphatic heterocycles. The van der Waals surface area contributed by atoms with Crippen molar-refractivity contribution >= 4 is 17.6 Å². The molecule has 4 rings (SSSR count). The van der Waals surface area contributed by atoms with Crippen molar-refractivity contribution < 1.29 is 14.3 Å². The van der Waals surface area contributed by atoms with Crippen LogP contribution in [0.5, 0.6) is 5.75 Å². The zero-order valence-electron chi connectivity index (χ0n) is 14.5. The summed E-state index contributed by atoms with van der Waals surface area (Å²) >= 11 is 0. The molecule has 0 spiro atoms. The Labute approximate surface area is 152 Å². The highest BCUT2D eigenvalue weighted by atomic mass is 16.5. The van der Waals surface area contributed by atoms with Gasteiger partial charge >= 0.3 is 6.03 Å². The van der Waals surface area contributed by atoms with Gasteiger partial charge in [0.2, 0.25) is 0 Å². The molecule has 0 atom stereocenters. The van der Waals surface area contributed by atoms with Crippen LogP contribution >= 0.6 is 0 Å². The number of para-hydroxylation sites is 1. The molecule has 2 aromatic carbocycles. The molecule has 134 valence electrons. The van der Waals surface area contributed by atoms with E-state index in [9.17, 15) is 9.59 Å². The first-order valence-corrected chi connectivity index (χ1v) is 8.87. The van der Waals surface area contributed by atoms with E-state index >= 15 is 0 Å². The minimum atomic E-state index is -0.127. The number of anilines is 1. The molecule has 0 bridgehead atoms. The van der Waals surface area contributed by atoms with Crippen molar-refractivity contribution in [3.8, 4) is 5.75 Å². The van der Waals surface area contributed by atoms with Gasteiger partial charge < -0.3 is 19.9 Å². The maximum atomic E-state index is 12.7. The zero-order valence-corrected chi connectivity index (χ0v) is 14.5. The summed E-state index contributed by atoms with van der Waals surface area (Å²) in [6.45, 7) is 2.81. The predicted molar refractivity (Wildman–Crippen MR) is 98.6 cm³/mol. The molecule has 0 radical (unpaired) electrons. The summed E-state index contributed by atoms with van der Waals surface area (Å²) in [5, 5.41) is 2.89. The molecular weight excluding hydrogens is 330 g/mol. The third-order valence-corrected chi connectivity index (χ3v) is 4.82. The van der Waals surface area contributed by atoms with Crippen molar-refractivity contribution in [3.05, 3.63) is 59.7 Å². The summed E-state index contributed by atoms with van der Waals surface area (Å²) in [4.78, 5) is 28.6. The monoisotopic (exact) mass is 351 g/mol. The summed E-state index contributed by atoms with van der Waals surface area (Å²) in [6.07, 6.45) is 0.851. The molecule has 1 fully saturated rings. The fourth-order valence-corrected chi connectivity index (χ4v) is 3.34. The summed E-state index contributed by atoms with van der Waals surface area (Å²) in [7, 11) is 0. The lowest BCUT2D eigenvalue weighted by Crippen LogP contribution is -2.51. The molecule has 0 saturated carbocycles. The number of fused-ring (bicyclic) bond motifs is 1. The second-order valence-electron chi connectivity index (χ2n) is 6.50. The molecule has 2 heterocycles. The highest BCUT2D eigenvalue weighted by Gasteiger charge is 2.25. The highest BCUT2D eigenvalue weighted by Crippen LogP contribution is 2.26. The van der Waals surface area contributed by atoms with Crippen LogP contribution in [-0.4, -0.2) is 54.5 Å². The van der Waals surface area contributed by atoms with Gasteiger partial charge in [-0.05, 0) is 35.9 Å². The maximum Gasteiger partial charge on any atom is 0.321 e. The number of benzene rings is 2. The first kappa shape index (κ1) is 16.4. The van der Waals surface area contributed by atoms with Crippen LogP contribution in [0.4, 0.5) is 10.5 Å². The van der Waals surface area contributed by atoms with E-state index in [4.69, 9.17) is 4.74 Å². The standard InChI is InChI=1S/C20H21N3O3/c24-19(16-6-7-18-15(14-16)8-13-26-18)22-9-11-23(12-10-22)20(25)21-17-4-2-1-3-5-17/h1-7,14H,8-13H2,(H,21,25). The van der Waals surface area contributed by atoms with E-state index in [0.29, 0.717) is 38.3 Å². The lowest BCUT2D eigenvalue weighted by atomic mass is 10.1. The third-order valence-electron chi connectivity index (χ3n) is 4.82. The fourth-order valence-electron chi connectivity index (χ4n) is 3.34. The number of carbonyl (C=O) groups excluding carboxylic acids is 2. The molecule has 26 heavy (non-hydrogen) atoms. The van der Waals surface area contributed by atoms with Gasteiger partial charge in [-0.1, -0.05) is 18.2 Å². The molecule has 0 unspecified atom stereocenters. The number of amides is 3. The van der Waals surface area contributed by atoms with Gasteiger partial charge in [-0.2, -0.15) is 0 Å². The Morgan fingerprint density at radius 3 is 2.42 bits per heavy atom.